The molecule has 0 amide bonds. The topological polar surface area (TPSA) is 42.3 Å². The molecule has 2 heterocycles. The monoisotopic (exact) mass is 341 g/mol. The van der Waals surface area contributed by atoms with Crippen molar-refractivity contribution >= 4 is 6.08 Å². The maximum absolute atomic E-state index is 9.14. The normalized spacial score (nSPS) is 17.8. The second kappa shape index (κ2) is 7.17. The van der Waals surface area contributed by atoms with E-state index in [2.05, 4.69) is 17.0 Å². The second-order valence-corrected chi connectivity index (χ2v) is 6.70. The van der Waals surface area contributed by atoms with Gasteiger partial charge in [0.15, 0.2) is 0 Å². The smallest absolute Gasteiger partial charge is 0.265 e. The van der Waals surface area contributed by atoms with Crippen LogP contribution < -0.4 is 0 Å². The van der Waals surface area contributed by atoms with Gasteiger partial charge < -0.3 is 9.30 Å². The van der Waals surface area contributed by atoms with Gasteiger partial charge in [-0.3, -0.25) is 0 Å². The molecular weight excluding hydrogens is 322 g/mol. The number of nitrogens with zero attached hydrogens (tertiary/aromatic N) is 3. The predicted molar refractivity (Wildman–Crippen MR) is 102 cm³/mol. The Morgan fingerprint density at radius 1 is 1.23 bits per heavy atom. The Morgan fingerprint density at radius 3 is 2.54 bits per heavy atom. The number of nitriles is 1. The van der Waals surface area contributed by atoms with Crippen LogP contribution in [0, 0.1) is 17.9 Å². The lowest BCUT2D eigenvalue weighted by Gasteiger charge is -2.32. The third kappa shape index (κ3) is 3.94. The van der Waals surface area contributed by atoms with Crippen LogP contribution in [0.1, 0.15) is 25.8 Å². The van der Waals surface area contributed by atoms with Crippen LogP contribution in [-0.2, 0) is 4.74 Å². The van der Waals surface area contributed by atoms with Gasteiger partial charge in [-0.15, -0.1) is 0 Å². The fourth-order valence-electron chi connectivity index (χ4n) is 2.91. The third-order valence-electron chi connectivity index (χ3n) is 4.08. The van der Waals surface area contributed by atoms with Crippen LogP contribution in [0.15, 0.2) is 78.0 Å². The zero-order valence-corrected chi connectivity index (χ0v) is 14.8. The van der Waals surface area contributed by atoms with Gasteiger partial charge in [-0.1, -0.05) is 18.2 Å². The molecule has 0 N–H and O–H groups in total. The summed E-state index contributed by atoms with van der Waals surface area (Å²) in [5.41, 5.74) is 2.55. The van der Waals surface area contributed by atoms with Crippen LogP contribution in [0.5, 0.6) is 0 Å². The molecule has 0 bridgehead atoms. The summed E-state index contributed by atoms with van der Waals surface area (Å²) in [6.07, 6.45) is 10.2. The quantitative estimate of drug-likeness (QED) is 0.564. The lowest BCUT2D eigenvalue weighted by atomic mass is 9.93. The highest BCUT2D eigenvalue weighted by Crippen LogP contribution is 2.32. The van der Waals surface area contributed by atoms with Crippen molar-refractivity contribution in [3.8, 4) is 11.8 Å². The van der Waals surface area contributed by atoms with Crippen molar-refractivity contribution in [2.45, 2.75) is 25.9 Å². The van der Waals surface area contributed by atoms with E-state index in [0.29, 0.717) is 12.2 Å². The molecule has 0 fully saturated rings. The van der Waals surface area contributed by atoms with E-state index in [-0.39, 0.29) is 5.70 Å². The van der Waals surface area contributed by atoms with Crippen molar-refractivity contribution in [1.82, 2.24) is 4.57 Å². The highest BCUT2D eigenvalue weighted by Gasteiger charge is 2.27. The standard InChI is InChI=1S/C22H19N3O/c1-22(2)15-18(21(16-23)24-3)14-20(26-22)11-8-17-6-9-19(10-7-17)25-12-4-5-13-25/h4-14H,15H2,1-2H3. The molecule has 1 aliphatic rings. The number of hydrogen-bond donors (Lipinski definition) is 0. The second-order valence-electron chi connectivity index (χ2n) is 6.70. The van der Waals surface area contributed by atoms with Crippen molar-refractivity contribution in [1.29, 1.82) is 5.26 Å². The molecule has 0 saturated heterocycles. The van der Waals surface area contributed by atoms with Crippen LogP contribution in [0.2, 0.25) is 0 Å². The fourth-order valence-corrected chi connectivity index (χ4v) is 2.91. The molecule has 0 unspecified atom stereocenters. The number of allylic oxidation sites excluding steroid dienone is 3. The SMILES string of the molecule is [C-]#[N+]C(C#N)=C1C=C(C=Cc2ccc(-n3cccc3)cc2)OC(C)(C)C1. The molecule has 128 valence electrons. The van der Waals surface area contributed by atoms with Gasteiger partial charge in [0.25, 0.3) is 5.70 Å². The molecule has 3 rings (SSSR count). The van der Waals surface area contributed by atoms with E-state index in [4.69, 9.17) is 16.6 Å². The van der Waals surface area contributed by atoms with Crippen LogP contribution in [0.3, 0.4) is 0 Å². The molecule has 26 heavy (non-hydrogen) atoms. The summed E-state index contributed by atoms with van der Waals surface area (Å²) in [6, 6.07) is 14.1. The largest absolute Gasteiger partial charge is 0.488 e. The average molecular weight is 341 g/mol. The van der Waals surface area contributed by atoms with Crippen LogP contribution in [0.4, 0.5) is 0 Å². The van der Waals surface area contributed by atoms with Crippen molar-refractivity contribution in [3.05, 3.63) is 95.0 Å². The van der Waals surface area contributed by atoms with Crippen molar-refractivity contribution < 1.29 is 4.74 Å². The molecular formula is C22H19N3O. The first-order valence-electron chi connectivity index (χ1n) is 8.34. The Bertz CT molecular complexity index is 944. The molecule has 4 nitrogen and oxygen atoms in total. The highest BCUT2D eigenvalue weighted by atomic mass is 16.5. The minimum atomic E-state index is -0.450. The maximum Gasteiger partial charge on any atom is 0.265 e. The molecule has 1 aliphatic heterocycles. The summed E-state index contributed by atoms with van der Waals surface area (Å²) in [6.45, 7) is 11.1. The molecule has 1 aromatic heterocycles. The molecule has 2 aromatic rings. The highest BCUT2D eigenvalue weighted by molar-refractivity contribution is 5.55. The molecule has 0 aliphatic carbocycles. The average Bonchev–Trinajstić information content (AvgIpc) is 3.15. The van der Waals surface area contributed by atoms with Crippen molar-refractivity contribution in [2.75, 3.05) is 0 Å². The first-order valence-corrected chi connectivity index (χ1v) is 8.34. The summed E-state index contributed by atoms with van der Waals surface area (Å²) < 4.78 is 8.02. The molecule has 1 aromatic carbocycles. The van der Waals surface area contributed by atoms with Crippen LogP contribution >= 0.6 is 0 Å². The van der Waals surface area contributed by atoms with Gasteiger partial charge in [0.2, 0.25) is 0 Å². The molecule has 0 radical (unpaired) electrons. The van der Waals surface area contributed by atoms with E-state index in [9.17, 15) is 0 Å². The first-order chi connectivity index (χ1) is 12.5. The van der Waals surface area contributed by atoms with Crippen LogP contribution in [0.25, 0.3) is 16.6 Å². The first kappa shape index (κ1) is 17.3. The Kier molecular flexibility index (Phi) is 4.78. The maximum atomic E-state index is 9.14. The zero-order chi connectivity index (χ0) is 18.6. The number of aromatic nitrogens is 1. The van der Waals surface area contributed by atoms with E-state index >= 15 is 0 Å². The van der Waals surface area contributed by atoms with Gasteiger partial charge in [0.1, 0.15) is 11.4 Å². The summed E-state index contributed by atoms with van der Waals surface area (Å²) in [4.78, 5) is 3.32. The third-order valence-corrected chi connectivity index (χ3v) is 4.08. The minimum absolute atomic E-state index is 0.128. The summed E-state index contributed by atoms with van der Waals surface area (Å²) in [7, 11) is 0. The van der Waals surface area contributed by atoms with Gasteiger partial charge in [-0.05, 0) is 61.4 Å². The minimum Gasteiger partial charge on any atom is -0.488 e. The Hall–Kier alpha value is -3.50. The summed E-state index contributed by atoms with van der Waals surface area (Å²) in [5, 5.41) is 9.14. The summed E-state index contributed by atoms with van der Waals surface area (Å²) in [5.74, 6) is 0.655. The molecule has 0 saturated carbocycles. The van der Waals surface area contributed by atoms with Gasteiger partial charge in [0.05, 0.1) is 12.6 Å². The molecule has 0 atom stereocenters. The summed E-state index contributed by atoms with van der Waals surface area (Å²) >= 11 is 0. The van der Waals surface area contributed by atoms with Gasteiger partial charge in [-0.25, -0.2) is 10.1 Å². The van der Waals surface area contributed by atoms with E-state index in [1.54, 1.807) is 6.08 Å². The predicted octanol–water partition coefficient (Wildman–Crippen LogP) is 5.27. The van der Waals surface area contributed by atoms with Gasteiger partial charge in [-0.2, -0.15) is 0 Å². The number of rotatable bonds is 3. The lowest BCUT2D eigenvalue weighted by molar-refractivity contribution is 0.0356. The molecule has 0 spiro atoms. The lowest BCUT2D eigenvalue weighted by Crippen LogP contribution is -2.27. The molecule has 4 heteroatoms. The number of ether oxygens (including phenoxy) is 1. The van der Waals surface area contributed by atoms with E-state index in [1.165, 1.54) is 0 Å². The number of benzene rings is 1. The van der Waals surface area contributed by atoms with Crippen LogP contribution in [-0.4, -0.2) is 10.2 Å². The van der Waals surface area contributed by atoms with E-state index in [0.717, 1.165) is 16.8 Å². The Morgan fingerprint density at radius 2 is 1.92 bits per heavy atom. The Labute approximate surface area is 153 Å². The zero-order valence-electron chi connectivity index (χ0n) is 14.8. The Balaban J connectivity index is 1.84. The van der Waals surface area contributed by atoms with Gasteiger partial charge >= 0.3 is 0 Å². The van der Waals surface area contributed by atoms with Gasteiger partial charge in [0, 0.05) is 24.5 Å². The van der Waals surface area contributed by atoms with Crippen molar-refractivity contribution in [3.63, 3.8) is 0 Å². The van der Waals surface area contributed by atoms with Crippen molar-refractivity contribution in [2.24, 2.45) is 0 Å². The van der Waals surface area contributed by atoms with E-state index < -0.39 is 5.60 Å². The van der Waals surface area contributed by atoms with E-state index in [1.807, 2.05) is 73.3 Å². The number of hydrogen-bond acceptors (Lipinski definition) is 2. The fraction of sp³-hybridized carbons (Fsp3) is 0.182.